The molecule has 0 bridgehead atoms. The second-order valence-electron chi connectivity index (χ2n) is 5.20. The predicted octanol–water partition coefficient (Wildman–Crippen LogP) is 2.99. The number of hydrogen-bond donors (Lipinski definition) is 0. The van der Waals surface area contributed by atoms with Gasteiger partial charge in [-0.05, 0) is 24.0 Å². The molecule has 0 aromatic rings. The van der Waals surface area contributed by atoms with E-state index in [2.05, 4.69) is 20.8 Å². The predicted molar refractivity (Wildman–Crippen MR) is 59.4 cm³/mol. The van der Waals surface area contributed by atoms with Gasteiger partial charge in [0, 0.05) is 12.8 Å². The molecule has 0 aromatic heterocycles. The maximum absolute atomic E-state index is 11.9. The van der Waals surface area contributed by atoms with E-state index in [0.717, 1.165) is 24.2 Å². The Hall–Kier alpha value is -1.05. The van der Waals surface area contributed by atoms with Crippen LogP contribution in [-0.2, 0) is 9.53 Å². The van der Waals surface area contributed by atoms with Gasteiger partial charge >= 0.3 is 0 Å². The summed E-state index contributed by atoms with van der Waals surface area (Å²) in [5, 5.41) is 0. The van der Waals surface area contributed by atoms with Crippen LogP contribution in [0.2, 0.25) is 0 Å². The van der Waals surface area contributed by atoms with Crippen LogP contribution in [-0.4, -0.2) is 11.9 Å². The van der Waals surface area contributed by atoms with Crippen LogP contribution in [0, 0.1) is 5.41 Å². The summed E-state index contributed by atoms with van der Waals surface area (Å²) >= 11 is 0. The van der Waals surface area contributed by atoms with Crippen LogP contribution < -0.4 is 0 Å². The topological polar surface area (TPSA) is 26.3 Å². The summed E-state index contributed by atoms with van der Waals surface area (Å²) in [7, 11) is 0. The highest BCUT2D eigenvalue weighted by atomic mass is 16.5. The van der Waals surface area contributed by atoms with E-state index in [0.29, 0.717) is 6.42 Å². The minimum Gasteiger partial charge on any atom is -0.490 e. The van der Waals surface area contributed by atoms with Gasteiger partial charge in [0.05, 0.1) is 5.57 Å². The maximum Gasteiger partial charge on any atom is 0.166 e. The zero-order valence-corrected chi connectivity index (χ0v) is 9.67. The van der Waals surface area contributed by atoms with Crippen molar-refractivity contribution in [3.05, 3.63) is 23.5 Å². The smallest absolute Gasteiger partial charge is 0.166 e. The summed E-state index contributed by atoms with van der Waals surface area (Å²) in [6, 6.07) is 0. The first-order valence-electron chi connectivity index (χ1n) is 5.63. The number of Topliss-reactive ketones (excluding diaryl/α,β-unsaturated/α-hetero) is 1. The first kappa shape index (κ1) is 10.5. The molecule has 2 heteroatoms. The molecule has 0 amide bonds. The van der Waals surface area contributed by atoms with Crippen molar-refractivity contribution in [1.82, 2.24) is 0 Å². The Balaban J connectivity index is 2.28. The molecule has 0 fully saturated rings. The van der Waals surface area contributed by atoms with E-state index >= 15 is 0 Å². The Morgan fingerprint density at radius 1 is 1.47 bits per heavy atom. The lowest BCUT2D eigenvalue weighted by molar-refractivity contribution is -0.118. The molecule has 0 N–H and O–H groups in total. The van der Waals surface area contributed by atoms with Gasteiger partial charge in [-0.25, -0.2) is 0 Å². The Kier molecular flexibility index (Phi) is 2.45. The number of allylic oxidation sites excluding steroid dienone is 3. The van der Waals surface area contributed by atoms with Gasteiger partial charge in [-0.1, -0.05) is 20.8 Å². The van der Waals surface area contributed by atoms with Gasteiger partial charge in [-0.3, -0.25) is 4.79 Å². The van der Waals surface area contributed by atoms with Crippen LogP contribution in [0.4, 0.5) is 0 Å². The highest BCUT2D eigenvalue weighted by Crippen LogP contribution is 2.39. The van der Waals surface area contributed by atoms with Crippen molar-refractivity contribution in [2.45, 2.75) is 46.1 Å². The highest BCUT2D eigenvalue weighted by Gasteiger charge is 2.34. The molecule has 15 heavy (non-hydrogen) atoms. The number of rotatable bonds is 1. The van der Waals surface area contributed by atoms with Gasteiger partial charge in [0.2, 0.25) is 0 Å². The van der Waals surface area contributed by atoms with Crippen LogP contribution in [0.5, 0.6) is 0 Å². The van der Waals surface area contributed by atoms with Gasteiger partial charge < -0.3 is 4.74 Å². The van der Waals surface area contributed by atoms with Crippen LogP contribution in [0.1, 0.15) is 40.0 Å². The van der Waals surface area contributed by atoms with Gasteiger partial charge in [-0.2, -0.15) is 0 Å². The largest absolute Gasteiger partial charge is 0.490 e. The maximum atomic E-state index is 11.9. The minimum atomic E-state index is 0.0549. The van der Waals surface area contributed by atoms with Gasteiger partial charge in [0.25, 0.3) is 0 Å². The van der Waals surface area contributed by atoms with Crippen LogP contribution in [0.25, 0.3) is 0 Å². The van der Waals surface area contributed by atoms with E-state index in [1.165, 1.54) is 0 Å². The van der Waals surface area contributed by atoms with E-state index in [9.17, 15) is 4.79 Å². The second-order valence-corrected chi connectivity index (χ2v) is 5.20. The Labute approximate surface area is 91.0 Å². The molecule has 0 saturated carbocycles. The van der Waals surface area contributed by atoms with Crippen molar-refractivity contribution in [2.24, 2.45) is 5.41 Å². The van der Waals surface area contributed by atoms with E-state index in [1.807, 2.05) is 12.2 Å². The van der Waals surface area contributed by atoms with Crippen LogP contribution in [0.3, 0.4) is 0 Å². The molecule has 1 aliphatic heterocycles. The monoisotopic (exact) mass is 206 g/mol. The van der Waals surface area contributed by atoms with Crippen molar-refractivity contribution >= 4 is 5.78 Å². The lowest BCUT2D eigenvalue weighted by atomic mass is 9.76. The molecule has 0 spiro atoms. The lowest BCUT2D eigenvalue weighted by Crippen LogP contribution is -2.29. The number of hydrogen-bond acceptors (Lipinski definition) is 2. The molecular formula is C13H18O2. The average molecular weight is 206 g/mol. The summed E-state index contributed by atoms with van der Waals surface area (Å²) in [6.07, 6.45) is 6.58. The molecule has 1 heterocycles. The molecule has 2 aliphatic rings. The van der Waals surface area contributed by atoms with Gasteiger partial charge in [-0.15, -0.1) is 0 Å². The Bertz CT molecular complexity index is 348. The van der Waals surface area contributed by atoms with Crippen molar-refractivity contribution in [2.75, 3.05) is 0 Å². The fourth-order valence-corrected chi connectivity index (χ4v) is 2.21. The minimum absolute atomic E-state index is 0.0549. The zero-order chi connectivity index (χ0) is 11.1. The second kappa shape index (κ2) is 3.51. The highest BCUT2D eigenvalue weighted by molar-refractivity contribution is 6.00. The molecule has 82 valence electrons. The number of ketones is 1. The molecule has 2 rings (SSSR count). The molecule has 1 atom stereocenters. The molecular weight excluding hydrogens is 188 g/mol. The quantitative estimate of drug-likeness (QED) is 0.659. The Morgan fingerprint density at radius 3 is 2.87 bits per heavy atom. The van der Waals surface area contributed by atoms with E-state index < -0.39 is 0 Å². The first-order chi connectivity index (χ1) is 7.02. The standard InChI is InChI=1S/C13H18O2/c1-4-9-5-6-10-11(14)7-13(2,3)8-12(10)15-9/h5-6,9H,4,7-8H2,1-3H3. The van der Waals surface area contributed by atoms with Crippen molar-refractivity contribution < 1.29 is 9.53 Å². The summed E-state index contributed by atoms with van der Waals surface area (Å²) in [4.78, 5) is 11.9. The fraction of sp³-hybridized carbons (Fsp3) is 0.615. The van der Waals surface area contributed by atoms with Crippen LogP contribution in [0.15, 0.2) is 23.5 Å². The fourth-order valence-electron chi connectivity index (χ4n) is 2.21. The third-order valence-corrected chi connectivity index (χ3v) is 3.05. The summed E-state index contributed by atoms with van der Waals surface area (Å²) in [5.41, 5.74) is 0.860. The molecule has 1 unspecified atom stereocenters. The molecule has 2 nitrogen and oxygen atoms in total. The molecule has 1 aliphatic carbocycles. The number of ether oxygens (including phenoxy) is 1. The normalized spacial score (nSPS) is 28.7. The van der Waals surface area contributed by atoms with E-state index in [-0.39, 0.29) is 17.3 Å². The summed E-state index contributed by atoms with van der Waals surface area (Å²) in [6.45, 7) is 6.34. The number of carbonyl (C=O) groups excluding carboxylic acids is 1. The Morgan fingerprint density at radius 2 is 2.20 bits per heavy atom. The van der Waals surface area contributed by atoms with Gasteiger partial charge in [0.1, 0.15) is 11.9 Å². The van der Waals surface area contributed by atoms with Crippen molar-refractivity contribution in [3.8, 4) is 0 Å². The summed E-state index contributed by atoms with van der Waals surface area (Å²) in [5.74, 6) is 1.14. The SMILES string of the molecule is CCC1C=CC2=C(CC(C)(C)CC2=O)O1. The lowest BCUT2D eigenvalue weighted by Gasteiger charge is -2.34. The van der Waals surface area contributed by atoms with Crippen molar-refractivity contribution in [3.63, 3.8) is 0 Å². The first-order valence-corrected chi connectivity index (χ1v) is 5.63. The van der Waals surface area contributed by atoms with Gasteiger partial charge in [0.15, 0.2) is 5.78 Å². The van der Waals surface area contributed by atoms with E-state index in [4.69, 9.17) is 4.74 Å². The van der Waals surface area contributed by atoms with Crippen molar-refractivity contribution in [1.29, 1.82) is 0 Å². The molecule has 0 aromatic carbocycles. The summed E-state index contributed by atoms with van der Waals surface area (Å²) < 4.78 is 5.82. The molecule has 0 saturated heterocycles. The van der Waals surface area contributed by atoms with E-state index in [1.54, 1.807) is 0 Å². The third-order valence-electron chi connectivity index (χ3n) is 3.05. The molecule has 0 radical (unpaired) electrons. The number of carbonyl (C=O) groups is 1. The average Bonchev–Trinajstić information content (AvgIpc) is 2.14. The zero-order valence-electron chi connectivity index (χ0n) is 9.67. The van der Waals surface area contributed by atoms with Crippen LogP contribution >= 0.6 is 0 Å². The third kappa shape index (κ3) is 1.99.